The molecule has 1 spiro atoms. The summed E-state index contributed by atoms with van der Waals surface area (Å²) in [5.41, 5.74) is 3.24. The van der Waals surface area contributed by atoms with E-state index in [9.17, 15) is 10.2 Å². The lowest BCUT2D eigenvalue weighted by atomic mass is 9.69. The van der Waals surface area contributed by atoms with Gasteiger partial charge in [0.15, 0.2) is 0 Å². The Balaban J connectivity index is 1.95. The highest BCUT2D eigenvalue weighted by molar-refractivity contribution is 5.58. The van der Waals surface area contributed by atoms with Crippen LogP contribution >= 0.6 is 0 Å². The highest BCUT2D eigenvalue weighted by Gasteiger charge is 2.52. The molecule has 0 bridgehead atoms. The molecule has 1 aliphatic carbocycles. The van der Waals surface area contributed by atoms with Crippen molar-refractivity contribution < 1.29 is 14.9 Å². The lowest BCUT2D eigenvalue weighted by Crippen LogP contribution is -2.42. The molecule has 0 saturated heterocycles. The minimum atomic E-state index is -0.433. The molecule has 0 radical (unpaired) electrons. The molecule has 4 rings (SSSR count). The summed E-state index contributed by atoms with van der Waals surface area (Å²) < 4.78 is 6.22. The number of benzene rings is 1. The van der Waals surface area contributed by atoms with Gasteiger partial charge in [0.2, 0.25) is 0 Å². The van der Waals surface area contributed by atoms with Crippen molar-refractivity contribution in [3.8, 4) is 5.75 Å². The fourth-order valence-corrected chi connectivity index (χ4v) is 4.12. The minimum Gasteiger partial charge on any atom is -0.488 e. The van der Waals surface area contributed by atoms with Crippen molar-refractivity contribution >= 4 is 0 Å². The van der Waals surface area contributed by atoms with E-state index in [4.69, 9.17) is 4.74 Å². The Morgan fingerprint density at radius 2 is 2.29 bits per heavy atom. The molecule has 4 nitrogen and oxygen atoms in total. The maximum absolute atomic E-state index is 9.95. The fourth-order valence-electron chi connectivity index (χ4n) is 4.12. The Hall–Kier alpha value is -1.36. The topological polar surface area (TPSA) is 52.9 Å². The van der Waals surface area contributed by atoms with Crippen LogP contribution in [0.1, 0.15) is 29.5 Å². The third-order valence-corrected chi connectivity index (χ3v) is 5.21. The summed E-state index contributed by atoms with van der Waals surface area (Å²) >= 11 is 0. The van der Waals surface area contributed by atoms with Gasteiger partial charge in [0.1, 0.15) is 11.9 Å². The molecule has 2 N–H and O–H groups in total. The average molecular weight is 287 g/mol. The summed E-state index contributed by atoms with van der Waals surface area (Å²) in [5.74, 6) is 0.856. The van der Waals surface area contributed by atoms with E-state index in [-0.39, 0.29) is 18.1 Å². The van der Waals surface area contributed by atoms with Crippen LogP contribution in [-0.2, 0) is 18.6 Å². The van der Waals surface area contributed by atoms with Crippen LogP contribution in [0.4, 0.5) is 0 Å². The zero-order valence-corrected chi connectivity index (χ0v) is 12.2. The number of hydrogen-bond acceptors (Lipinski definition) is 4. The Labute approximate surface area is 124 Å². The number of aliphatic hydroxyl groups excluding tert-OH is 2. The van der Waals surface area contributed by atoms with Crippen LogP contribution in [-0.4, -0.2) is 40.9 Å². The van der Waals surface area contributed by atoms with Crippen molar-refractivity contribution in [3.05, 3.63) is 41.0 Å². The first-order valence-corrected chi connectivity index (χ1v) is 7.63. The van der Waals surface area contributed by atoms with Gasteiger partial charge in [-0.2, -0.15) is 0 Å². The van der Waals surface area contributed by atoms with Crippen LogP contribution in [0.5, 0.6) is 5.75 Å². The van der Waals surface area contributed by atoms with Gasteiger partial charge in [-0.3, -0.25) is 0 Å². The van der Waals surface area contributed by atoms with E-state index in [0.29, 0.717) is 6.42 Å². The van der Waals surface area contributed by atoms with Crippen LogP contribution in [0.2, 0.25) is 0 Å². The summed E-state index contributed by atoms with van der Waals surface area (Å²) in [4.78, 5) is 2.33. The van der Waals surface area contributed by atoms with Crippen molar-refractivity contribution in [3.63, 3.8) is 0 Å². The Morgan fingerprint density at radius 3 is 3.10 bits per heavy atom. The SMILES string of the molecule is CN1CC[C@@]23C=C[C@H](O)C[C@@H]2Oc2c(CO)ccc(c23)C1. The Kier molecular flexibility index (Phi) is 2.89. The van der Waals surface area contributed by atoms with Gasteiger partial charge in [-0.05, 0) is 25.6 Å². The monoisotopic (exact) mass is 287 g/mol. The molecule has 3 aliphatic rings. The first-order valence-electron chi connectivity index (χ1n) is 7.63. The molecule has 2 heterocycles. The number of aliphatic hydroxyl groups is 2. The second-order valence-corrected chi connectivity index (χ2v) is 6.54. The number of nitrogens with zero attached hydrogens (tertiary/aromatic N) is 1. The molecule has 112 valence electrons. The highest BCUT2D eigenvalue weighted by Crippen LogP contribution is 2.53. The van der Waals surface area contributed by atoms with Gasteiger partial charge in [0, 0.05) is 24.1 Å². The molecular weight excluding hydrogens is 266 g/mol. The van der Waals surface area contributed by atoms with Crippen molar-refractivity contribution in [2.75, 3.05) is 13.6 Å². The van der Waals surface area contributed by atoms with Crippen LogP contribution in [0.25, 0.3) is 0 Å². The van der Waals surface area contributed by atoms with Crippen molar-refractivity contribution in [2.24, 2.45) is 0 Å². The van der Waals surface area contributed by atoms with Crippen molar-refractivity contribution in [2.45, 2.75) is 43.6 Å². The first-order chi connectivity index (χ1) is 10.1. The maximum Gasteiger partial charge on any atom is 0.129 e. The van der Waals surface area contributed by atoms with Gasteiger partial charge in [0.05, 0.1) is 18.1 Å². The summed E-state index contributed by atoms with van der Waals surface area (Å²) in [6.07, 6.45) is 5.23. The molecule has 0 unspecified atom stereocenters. The first kappa shape index (κ1) is 13.3. The van der Waals surface area contributed by atoms with Crippen molar-refractivity contribution in [1.82, 2.24) is 4.90 Å². The zero-order chi connectivity index (χ0) is 14.6. The molecule has 0 saturated carbocycles. The molecule has 2 aliphatic heterocycles. The third-order valence-electron chi connectivity index (χ3n) is 5.21. The normalized spacial score (nSPS) is 34.0. The molecule has 1 aromatic carbocycles. The van der Waals surface area contributed by atoms with Gasteiger partial charge < -0.3 is 19.8 Å². The maximum atomic E-state index is 9.95. The van der Waals surface area contributed by atoms with Crippen LogP contribution in [0.15, 0.2) is 24.3 Å². The largest absolute Gasteiger partial charge is 0.488 e. The zero-order valence-electron chi connectivity index (χ0n) is 12.2. The molecule has 1 aromatic rings. The lowest BCUT2D eigenvalue weighted by Gasteiger charge is -2.35. The van der Waals surface area contributed by atoms with E-state index in [1.54, 1.807) is 0 Å². The molecule has 21 heavy (non-hydrogen) atoms. The summed E-state index contributed by atoms with van der Waals surface area (Å²) in [6.45, 7) is 1.90. The predicted molar refractivity (Wildman–Crippen MR) is 79.2 cm³/mol. The van der Waals surface area contributed by atoms with Gasteiger partial charge in [-0.15, -0.1) is 0 Å². The second-order valence-electron chi connectivity index (χ2n) is 6.54. The molecule has 0 aromatic heterocycles. The Morgan fingerprint density at radius 1 is 1.43 bits per heavy atom. The van der Waals surface area contributed by atoms with Gasteiger partial charge >= 0.3 is 0 Å². The van der Waals surface area contributed by atoms with E-state index in [1.165, 1.54) is 11.1 Å². The molecule has 0 amide bonds. The van der Waals surface area contributed by atoms with Crippen LogP contribution in [0, 0.1) is 0 Å². The number of ether oxygens (including phenoxy) is 1. The third kappa shape index (κ3) is 1.79. The average Bonchev–Trinajstić information content (AvgIpc) is 2.72. The second kappa shape index (κ2) is 4.57. The highest BCUT2D eigenvalue weighted by atomic mass is 16.5. The predicted octanol–water partition coefficient (Wildman–Crippen LogP) is 1.33. The van der Waals surface area contributed by atoms with E-state index >= 15 is 0 Å². The van der Waals surface area contributed by atoms with E-state index in [1.807, 2.05) is 12.1 Å². The van der Waals surface area contributed by atoms with E-state index < -0.39 is 6.10 Å². The van der Waals surface area contributed by atoms with E-state index in [0.717, 1.165) is 30.8 Å². The summed E-state index contributed by atoms with van der Waals surface area (Å²) in [6, 6.07) is 4.09. The number of rotatable bonds is 1. The summed E-state index contributed by atoms with van der Waals surface area (Å²) in [5, 5.41) is 19.6. The molecule has 3 atom stereocenters. The molecular formula is C17H21NO3. The fraction of sp³-hybridized carbons (Fsp3) is 0.529. The van der Waals surface area contributed by atoms with Gasteiger partial charge in [0.25, 0.3) is 0 Å². The standard InChI is InChI=1S/C17H21NO3/c1-18-7-6-17-5-4-13(20)8-14(17)21-16-12(10-19)3-2-11(9-18)15(16)17/h2-5,13-14,19-20H,6-10H2,1H3/t13-,14-,17-/m0/s1. The minimum absolute atomic E-state index is 0.00643. The summed E-state index contributed by atoms with van der Waals surface area (Å²) in [7, 11) is 2.14. The lowest BCUT2D eigenvalue weighted by molar-refractivity contribution is 0.0824. The smallest absolute Gasteiger partial charge is 0.129 e. The molecule has 0 fully saturated rings. The van der Waals surface area contributed by atoms with Gasteiger partial charge in [-0.1, -0.05) is 24.3 Å². The van der Waals surface area contributed by atoms with Crippen LogP contribution in [0.3, 0.4) is 0 Å². The quantitative estimate of drug-likeness (QED) is 0.765. The Bertz CT molecular complexity index is 612. The number of hydrogen-bond donors (Lipinski definition) is 2. The molecule has 4 heteroatoms. The van der Waals surface area contributed by atoms with Crippen molar-refractivity contribution in [1.29, 1.82) is 0 Å². The van der Waals surface area contributed by atoms with Gasteiger partial charge in [-0.25, -0.2) is 0 Å². The van der Waals surface area contributed by atoms with Crippen LogP contribution < -0.4 is 4.74 Å². The van der Waals surface area contributed by atoms with E-state index in [2.05, 4.69) is 24.1 Å².